The third-order valence-corrected chi connectivity index (χ3v) is 1.41. The highest BCUT2D eigenvalue weighted by Crippen LogP contribution is 2.00. The second kappa shape index (κ2) is 4.64. The van der Waals surface area contributed by atoms with E-state index in [4.69, 9.17) is 10.8 Å². The molecule has 12 heavy (non-hydrogen) atoms. The number of hydrogen-bond acceptors (Lipinski definition) is 3. The fraction of sp³-hybridized carbons (Fsp3) is 0.222. The van der Waals surface area contributed by atoms with E-state index < -0.39 is 0 Å². The van der Waals surface area contributed by atoms with Crippen LogP contribution in [0.1, 0.15) is 11.4 Å². The van der Waals surface area contributed by atoms with Crippen molar-refractivity contribution in [1.29, 1.82) is 0 Å². The van der Waals surface area contributed by atoms with Crippen LogP contribution in [0, 0.1) is 0 Å². The van der Waals surface area contributed by atoms with Crippen LogP contribution in [0.2, 0.25) is 0 Å². The van der Waals surface area contributed by atoms with Crippen molar-refractivity contribution >= 4 is 6.08 Å². The Balaban J connectivity index is 2.79. The third kappa shape index (κ3) is 2.45. The Bertz CT molecular complexity index is 271. The molecule has 0 unspecified atom stereocenters. The van der Waals surface area contributed by atoms with Gasteiger partial charge in [0.05, 0.1) is 18.0 Å². The summed E-state index contributed by atoms with van der Waals surface area (Å²) in [5.41, 5.74) is 6.78. The minimum atomic E-state index is -0.0235. The summed E-state index contributed by atoms with van der Waals surface area (Å²) in [6, 6.07) is 5.50. The summed E-state index contributed by atoms with van der Waals surface area (Å²) in [4.78, 5) is 4.14. The molecule has 0 saturated heterocycles. The predicted molar refractivity (Wildman–Crippen MR) is 48.2 cm³/mol. The second-order valence-electron chi connectivity index (χ2n) is 2.35. The van der Waals surface area contributed by atoms with Gasteiger partial charge in [0.2, 0.25) is 0 Å². The van der Waals surface area contributed by atoms with E-state index in [1.165, 1.54) is 0 Å². The Morgan fingerprint density at radius 3 is 3.00 bits per heavy atom. The maximum absolute atomic E-state index is 8.78. The molecule has 0 aliphatic carbocycles. The molecule has 0 aliphatic rings. The van der Waals surface area contributed by atoms with Gasteiger partial charge in [-0.15, -0.1) is 0 Å². The fourth-order valence-electron chi connectivity index (χ4n) is 0.868. The molecule has 1 heterocycles. The van der Waals surface area contributed by atoms with Crippen molar-refractivity contribution in [3.63, 3.8) is 0 Å². The first-order valence-corrected chi connectivity index (χ1v) is 3.80. The number of nitrogens with two attached hydrogens (primary N) is 1. The van der Waals surface area contributed by atoms with Gasteiger partial charge < -0.3 is 10.8 Å². The van der Waals surface area contributed by atoms with E-state index in [0.717, 1.165) is 5.69 Å². The highest BCUT2D eigenvalue weighted by molar-refractivity contribution is 5.44. The lowest BCUT2D eigenvalue weighted by Crippen LogP contribution is -1.94. The molecule has 0 bridgehead atoms. The molecule has 1 aromatic rings. The Hall–Kier alpha value is -1.19. The van der Waals surface area contributed by atoms with Crippen LogP contribution in [0.4, 0.5) is 0 Å². The average molecular weight is 164 g/mol. The first-order valence-electron chi connectivity index (χ1n) is 3.80. The maximum atomic E-state index is 8.78. The molecule has 3 N–H and O–H groups in total. The minimum Gasteiger partial charge on any atom is -0.390 e. The van der Waals surface area contributed by atoms with E-state index in [1.54, 1.807) is 6.07 Å². The molecule has 3 nitrogen and oxygen atoms in total. The van der Waals surface area contributed by atoms with Crippen LogP contribution in [0.5, 0.6) is 0 Å². The molecule has 0 fully saturated rings. The van der Waals surface area contributed by atoms with E-state index in [2.05, 4.69) is 4.98 Å². The van der Waals surface area contributed by atoms with Crippen molar-refractivity contribution < 1.29 is 5.11 Å². The van der Waals surface area contributed by atoms with Gasteiger partial charge in [-0.2, -0.15) is 0 Å². The quantitative estimate of drug-likeness (QED) is 0.685. The van der Waals surface area contributed by atoms with Gasteiger partial charge >= 0.3 is 0 Å². The normalized spacial score (nSPS) is 10.8. The van der Waals surface area contributed by atoms with Crippen LogP contribution >= 0.6 is 0 Å². The van der Waals surface area contributed by atoms with Gasteiger partial charge in [0.1, 0.15) is 0 Å². The van der Waals surface area contributed by atoms with E-state index in [-0.39, 0.29) is 6.61 Å². The Morgan fingerprint density at radius 1 is 1.50 bits per heavy atom. The van der Waals surface area contributed by atoms with Gasteiger partial charge in [0.15, 0.2) is 0 Å². The number of pyridine rings is 1. The number of aliphatic hydroxyl groups excluding tert-OH is 1. The van der Waals surface area contributed by atoms with E-state index in [1.807, 2.05) is 24.3 Å². The van der Waals surface area contributed by atoms with Gasteiger partial charge in [0.25, 0.3) is 0 Å². The maximum Gasteiger partial charge on any atom is 0.0853 e. The van der Waals surface area contributed by atoms with Gasteiger partial charge in [-0.25, -0.2) is 0 Å². The third-order valence-electron chi connectivity index (χ3n) is 1.41. The summed E-state index contributed by atoms with van der Waals surface area (Å²) in [6.07, 6.45) is 3.66. The summed E-state index contributed by atoms with van der Waals surface area (Å²) in [5, 5.41) is 8.78. The van der Waals surface area contributed by atoms with Crippen LogP contribution < -0.4 is 5.73 Å². The first kappa shape index (κ1) is 8.90. The van der Waals surface area contributed by atoms with Crippen molar-refractivity contribution in [2.75, 3.05) is 6.54 Å². The molecule has 3 heteroatoms. The van der Waals surface area contributed by atoms with E-state index >= 15 is 0 Å². The lowest BCUT2D eigenvalue weighted by atomic mass is 10.3. The van der Waals surface area contributed by atoms with Gasteiger partial charge in [-0.1, -0.05) is 12.1 Å². The predicted octanol–water partition coefficient (Wildman–Crippen LogP) is 0.546. The Morgan fingerprint density at radius 2 is 2.33 bits per heavy atom. The molecule has 1 rings (SSSR count). The summed E-state index contributed by atoms with van der Waals surface area (Å²) >= 11 is 0. The molecule has 0 saturated carbocycles. The van der Waals surface area contributed by atoms with E-state index in [0.29, 0.717) is 12.2 Å². The monoisotopic (exact) mass is 164 g/mol. The zero-order valence-corrected chi connectivity index (χ0v) is 6.77. The molecule has 0 amide bonds. The summed E-state index contributed by atoms with van der Waals surface area (Å²) in [6.45, 7) is 0.481. The summed E-state index contributed by atoms with van der Waals surface area (Å²) < 4.78 is 0. The topological polar surface area (TPSA) is 59.1 Å². The van der Waals surface area contributed by atoms with Crippen molar-refractivity contribution in [2.24, 2.45) is 5.73 Å². The second-order valence-corrected chi connectivity index (χ2v) is 2.35. The standard InChI is InChI=1S/C9H12N2O/c10-6-2-5-8-3-1-4-9(7-12)11-8/h1-5,12H,6-7,10H2. The van der Waals surface area contributed by atoms with Crippen molar-refractivity contribution in [1.82, 2.24) is 4.98 Å². The molecule has 64 valence electrons. The fourth-order valence-corrected chi connectivity index (χ4v) is 0.868. The Kier molecular flexibility index (Phi) is 3.44. The number of aliphatic hydroxyl groups is 1. The zero-order valence-electron chi connectivity index (χ0n) is 6.77. The number of hydrogen-bond donors (Lipinski definition) is 2. The van der Waals surface area contributed by atoms with Crippen molar-refractivity contribution in [2.45, 2.75) is 6.61 Å². The first-order chi connectivity index (χ1) is 5.86. The highest BCUT2D eigenvalue weighted by atomic mass is 16.3. The highest BCUT2D eigenvalue weighted by Gasteiger charge is 1.91. The van der Waals surface area contributed by atoms with E-state index in [9.17, 15) is 0 Å². The van der Waals surface area contributed by atoms with Crippen LogP contribution in [0.25, 0.3) is 6.08 Å². The van der Waals surface area contributed by atoms with Gasteiger partial charge in [-0.05, 0) is 18.2 Å². The lowest BCUT2D eigenvalue weighted by molar-refractivity contribution is 0.277. The number of aromatic nitrogens is 1. The molecule has 0 spiro atoms. The average Bonchev–Trinajstić information content (AvgIpc) is 2.15. The number of nitrogens with zero attached hydrogens (tertiary/aromatic N) is 1. The molecular weight excluding hydrogens is 152 g/mol. The largest absolute Gasteiger partial charge is 0.390 e. The Labute approximate surface area is 71.6 Å². The van der Waals surface area contributed by atoms with Crippen LogP contribution in [-0.4, -0.2) is 16.6 Å². The van der Waals surface area contributed by atoms with Gasteiger partial charge in [-0.3, -0.25) is 4.98 Å². The molecule has 1 aromatic heterocycles. The SMILES string of the molecule is NCC=Cc1cccc(CO)n1. The van der Waals surface area contributed by atoms with Gasteiger partial charge in [0, 0.05) is 6.54 Å². The van der Waals surface area contributed by atoms with Crippen LogP contribution in [0.3, 0.4) is 0 Å². The molecule has 0 aromatic carbocycles. The molecule has 0 atom stereocenters. The smallest absolute Gasteiger partial charge is 0.0853 e. The lowest BCUT2D eigenvalue weighted by Gasteiger charge is -1.96. The molecule has 0 radical (unpaired) electrons. The number of rotatable bonds is 3. The van der Waals surface area contributed by atoms with Crippen molar-refractivity contribution in [3.8, 4) is 0 Å². The summed E-state index contributed by atoms with van der Waals surface area (Å²) in [5.74, 6) is 0. The molecule has 0 aliphatic heterocycles. The van der Waals surface area contributed by atoms with Crippen LogP contribution in [-0.2, 0) is 6.61 Å². The van der Waals surface area contributed by atoms with Crippen LogP contribution in [0.15, 0.2) is 24.3 Å². The zero-order chi connectivity index (χ0) is 8.81. The minimum absolute atomic E-state index is 0.0235. The van der Waals surface area contributed by atoms with Crippen molar-refractivity contribution in [3.05, 3.63) is 35.7 Å². The summed E-state index contributed by atoms with van der Waals surface area (Å²) in [7, 11) is 0. The molecular formula is C9H12N2O.